The van der Waals surface area contributed by atoms with E-state index in [0.29, 0.717) is 17.1 Å². The molecule has 6 heteroatoms. The van der Waals surface area contributed by atoms with Crippen LogP contribution in [0.3, 0.4) is 0 Å². The Bertz CT molecular complexity index is 404. The number of thiophene rings is 1. The second-order valence-corrected chi connectivity index (χ2v) is 5.37. The molecule has 0 bridgehead atoms. The van der Waals surface area contributed by atoms with E-state index in [4.69, 9.17) is 5.73 Å². The van der Waals surface area contributed by atoms with Gasteiger partial charge in [0, 0.05) is 20.1 Å². The molecule has 0 fully saturated rings. The molecule has 1 rings (SSSR count). The third kappa shape index (κ3) is 2.87. The standard InChI is InChI=1S/C11H19N3OS2/c1-5-13-10(15)8-7(12)9(16-4)11(17-8)14(3)6-2/h5-6,12H2,1-4H3,(H,13,15). The van der Waals surface area contributed by atoms with Gasteiger partial charge >= 0.3 is 0 Å². The van der Waals surface area contributed by atoms with Crippen molar-refractivity contribution in [2.45, 2.75) is 18.7 Å². The first-order valence-electron chi connectivity index (χ1n) is 5.52. The molecule has 0 radical (unpaired) electrons. The van der Waals surface area contributed by atoms with Crippen molar-refractivity contribution in [2.75, 3.05) is 37.0 Å². The lowest BCUT2D eigenvalue weighted by atomic mass is 10.3. The van der Waals surface area contributed by atoms with Gasteiger partial charge in [0.15, 0.2) is 0 Å². The number of nitrogens with zero attached hydrogens (tertiary/aromatic N) is 1. The average molecular weight is 273 g/mol. The molecule has 0 saturated carbocycles. The van der Waals surface area contributed by atoms with Gasteiger partial charge in [0.1, 0.15) is 9.88 Å². The highest BCUT2D eigenvalue weighted by atomic mass is 32.2. The highest BCUT2D eigenvalue weighted by Crippen LogP contribution is 2.43. The zero-order valence-electron chi connectivity index (χ0n) is 10.7. The summed E-state index contributed by atoms with van der Waals surface area (Å²) in [7, 11) is 2.01. The highest BCUT2D eigenvalue weighted by Gasteiger charge is 2.21. The Morgan fingerprint density at radius 1 is 1.53 bits per heavy atom. The van der Waals surface area contributed by atoms with Crippen LogP contribution in [0.1, 0.15) is 23.5 Å². The van der Waals surface area contributed by atoms with E-state index in [9.17, 15) is 4.79 Å². The van der Waals surface area contributed by atoms with Crippen molar-refractivity contribution in [3.8, 4) is 0 Å². The number of hydrogen-bond donors (Lipinski definition) is 2. The molecule has 4 nitrogen and oxygen atoms in total. The van der Waals surface area contributed by atoms with Gasteiger partial charge < -0.3 is 16.0 Å². The summed E-state index contributed by atoms with van der Waals surface area (Å²) in [6.07, 6.45) is 1.98. The fourth-order valence-corrected chi connectivity index (χ4v) is 3.57. The summed E-state index contributed by atoms with van der Waals surface area (Å²) in [4.78, 5) is 15.6. The summed E-state index contributed by atoms with van der Waals surface area (Å²) < 4.78 is 0. The van der Waals surface area contributed by atoms with Crippen LogP contribution in [0.25, 0.3) is 0 Å². The van der Waals surface area contributed by atoms with Gasteiger partial charge in [0.05, 0.1) is 10.6 Å². The summed E-state index contributed by atoms with van der Waals surface area (Å²) in [6, 6.07) is 0. The molecule has 1 aromatic rings. The zero-order valence-corrected chi connectivity index (χ0v) is 12.3. The number of carbonyl (C=O) groups excluding carboxylic acids is 1. The summed E-state index contributed by atoms with van der Waals surface area (Å²) >= 11 is 3.05. The lowest BCUT2D eigenvalue weighted by molar-refractivity contribution is 0.0960. The topological polar surface area (TPSA) is 58.4 Å². The average Bonchev–Trinajstić information content (AvgIpc) is 2.65. The lowest BCUT2D eigenvalue weighted by Gasteiger charge is -2.15. The minimum atomic E-state index is -0.0824. The molecule has 0 aliphatic carbocycles. The maximum atomic E-state index is 11.8. The molecule has 0 aromatic carbocycles. The summed E-state index contributed by atoms with van der Waals surface area (Å²) in [6.45, 7) is 5.48. The molecule has 0 aliphatic heterocycles. The molecule has 0 spiro atoms. The third-order valence-electron chi connectivity index (χ3n) is 2.45. The molecule has 17 heavy (non-hydrogen) atoms. The maximum Gasteiger partial charge on any atom is 0.263 e. The first kappa shape index (κ1) is 14.2. The number of anilines is 2. The predicted molar refractivity (Wildman–Crippen MR) is 77.5 cm³/mol. The molecule has 1 heterocycles. The van der Waals surface area contributed by atoms with Crippen molar-refractivity contribution in [1.82, 2.24) is 5.32 Å². The fourth-order valence-electron chi connectivity index (χ4n) is 1.42. The monoisotopic (exact) mass is 273 g/mol. The Labute approximate surface area is 111 Å². The number of rotatable bonds is 5. The SMILES string of the molecule is CCNC(=O)c1sc(N(C)CC)c(SC)c1N. The number of thioether (sulfide) groups is 1. The van der Waals surface area contributed by atoms with Crippen LogP contribution in [-0.2, 0) is 0 Å². The van der Waals surface area contributed by atoms with Crippen LogP contribution < -0.4 is 16.0 Å². The molecule has 1 aromatic heterocycles. The van der Waals surface area contributed by atoms with E-state index in [1.807, 2.05) is 20.2 Å². The number of nitrogens with one attached hydrogen (secondary N) is 1. The van der Waals surface area contributed by atoms with Crippen LogP contribution in [0.15, 0.2) is 4.90 Å². The van der Waals surface area contributed by atoms with Crippen molar-refractivity contribution in [3.63, 3.8) is 0 Å². The van der Waals surface area contributed by atoms with E-state index in [1.165, 1.54) is 11.3 Å². The van der Waals surface area contributed by atoms with Crippen molar-refractivity contribution < 1.29 is 4.79 Å². The van der Waals surface area contributed by atoms with Crippen LogP contribution in [0.2, 0.25) is 0 Å². The van der Waals surface area contributed by atoms with Crippen LogP contribution in [0.4, 0.5) is 10.7 Å². The fraction of sp³-hybridized carbons (Fsp3) is 0.545. The van der Waals surface area contributed by atoms with E-state index in [-0.39, 0.29) is 5.91 Å². The van der Waals surface area contributed by atoms with E-state index < -0.39 is 0 Å². The quantitative estimate of drug-likeness (QED) is 0.808. The van der Waals surface area contributed by atoms with Crippen molar-refractivity contribution >= 4 is 39.7 Å². The van der Waals surface area contributed by atoms with Crippen molar-refractivity contribution in [3.05, 3.63) is 4.88 Å². The Morgan fingerprint density at radius 2 is 2.18 bits per heavy atom. The Morgan fingerprint density at radius 3 is 2.65 bits per heavy atom. The van der Waals surface area contributed by atoms with Crippen molar-refractivity contribution in [1.29, 1.82) is 0 Å². The van der Waals surface area contributed by atoms with Gasteiger partial charge in [-0.2, -0.15) is 0 Å². The molecular formula is C11H19N3OS2. The van der Waals surface area contributed by atoms with E-state index >= 15 is 0 Å². The van der Waals surface area contributed by atoms with E-state index in [2.05, 4.69) is 17.1 Å². The minimum absolute atomic E-state index is 0.0824. The molecular weight excluding hydrogens is 254 g/mol. The summed E-state index contributed by atoms with van der Waals surface area (Å²) in [5.74, 6) is -0.0824. The molecule has 0 aliphatic rings. The summed E-state index contributed by atoms with van der Waals surface area (Å²) in [5, 5.41) is 3.86. The van der Waals surface area contributed by atoms with Gasteiger partial charge in [-0.25, -0.2) is 0 Å². The number of hydrogen-bond acceptors (Lipinski definition) is 5. The minimum Gasteiger partial charge on any atom is -0.396 e. The van der Waals surface area contributed by atoms with Gasteiger partial charge in [-0.1, -0.05) is 0 Å². The van der Waals surface area contributed by atoms with Gasteiger partial charge in [0.25, 0.3) is 5.91 Å². The van der Waals surface area contributed by atoms with E-state index in [1.54, 1.807) is 11.8 Å². The predicted octanol–water partition coefficient (Wildman–Crippen LogP) is 2.26. The van der Waals surface area contributed by atoms with Gasteiger partial charge in [-0.3, -0.25) is 4.79 Å². The second-order valence-electron chi connectivity index (χ2n) is 3.56. The maximum absolute atomic E-state index is 11.8. The molecule has 0 atom stereocenters. The number of carbonyl (C=O) groups is 1. The van der Waals surface area contributed by atoms with Crippen LogP contribution in [0.5, 0.6) is 0 Å². The van der Waals surface area contributed by atoms with Gasteiger partial charge in [0.2, 0.25) is 0 Å². The van der Waals surface area contributed by atoms with E-state index in [0.717, 1.165) is 16.4 Å². The lowest BCUT2D eigenvalue weighted by Crippen LogP contribution is -2.22. The first-order chi connectivity index (χ1) is 8.06. The first-order valence-corrected chi connectivity index (χ1v) is 7.56. The van der Waals surface area contributed by atoms with Crippen LogP contribution in [-0.4, -0.2) is 32.3 Å². The van der Waals surface area contributed by atoms with Gasteiger partial charge in [-0.15, -0.1) is 23.1 Å². The Hall–Kier alpha value is -0.880. The smallest absolute Gasteiger partial charge is 0.263 e. The normalized spacial score (nSPS) is 10.4. The molecule has 0 saturated heterocycles. The summed E-state index contributed by atoms with van der Waals surface area (Å²) in [5.41, 5.74) is 6.64. The largest absolute Gasteiger partial charge is 0.396 e. The van der Waals surface area contributed by atoms with Crippen molar-refractivity contribution in [2.24, 2.45) is 0 Å². The molecule has 3 N–H and O–H groups in total. The molecule has 96 valence electrons. The van der Waals surface area contributed by atoms with Crippen LogP contribution >= 0.6 is 23.1 Å². The van der Waals surface area contributed by atoms with Crippen LogP contribution in [0, 0.1) is 0 Å². The second kappa shape index (κ2) is 6.16. The Balaban J connectivity index is 3.17. The molecule has 0 unspecified atom stereocenters. The molecule has 1 amide bonds. The number of nitrogen functional groups attached to an aromatic ring is 1. The highest BCUT2D eigenvalue weighted by molar-refractivity contribution is 7.99. The number of nitrogens with two attached hydrogens (primary N) is 1. The number of amides is 1. The zero-order chi connectivity index (χ0) is 13.0. The van der Waals surface area contributed by atoms with Gasteiger partial charge in [-0.05, 0) is 20.1 Å². The third-order valence-corrected chi connectivity index (χ3v) is 4.72. The Kier molecular flexibility index (Phi) is 5.14.